The molecule has 2 aliphatic rings. The molecule has 210 valence electrons. The number of carbonyl (C=O) groups is 1. The highest BCUT2D eigenvalue weighted by atomic mass is 19.2. The van der Waals surface area contributed by atoms with Gasteiger partial charge in [-0.25, -0.2) is 13.8 Å². The normalized spacial score (nSPS) is 23.8. The number of amides is 1. The molecule has 2 aromatic heterocycles. The number of halogens is 2. The smallest absolute Gasteiger partial charge is 0.227 e. The number of hydrogen-bond donors (Lipinski definition) is 1. The van der Waals surface area contributed by atoms with Crippen LogP contribution in [-0.4, -0.2) is 37.4 Å². The van der Waals surface area contributed by atoms with Crippen LogP contribution in [0.15, 0.2) is 40.9 Å². The highest BCUT2D eigenvalue weighted by molar-refractivity contribution is 5.94. The maximum Gasteiger partial charge on any atom is 0.227 e. The molecule has 4 aromatic rings. The molecular weight excluding hydrogens is 514 g/mol. The van der Waals surface area contributed by atoms with E-state index in [2.05, 4.69) is 27.9 Å². The number of aliphatic hydroxyl groups is 1. The van der Waals surface area contributed by atoms with Gasteiger partial charge >= 0.3 is 0 Å². The molecule has 1 saturated heterocycles. The first kappa shape index (κ1) is 26.6. The van der Waals surface area contributed by atoms with Gasteiger partial charge in [-0.2, -0.15) is 0 Å². The number of hydrogen-bond acceptors (Lipinski definition) is 5. The van der Waals surface area contributed by atoms with Crippen molar-refractivity contribution in [2.45, 2.75) is 89.8 Å². The van der Waals surface area contributed by atoms with Crippen molar-refractivity contribution in [1.82, 2.24) is 14.7 Å². The summed E-state index contributed by atoms with van der Waals surface area (Å²) in [5.74, 6) is -0.408. The van der Waals surface area contributed by atoms with Crippen molar-refractivity contribution in [3.63, 3.8) is 0 Å². The summed E-state index contributed by atoms with van der Waals surface area (Å²) >= 11 is 0. The Kier molecular flexibility index (Phi) is 6.73. The number of nitrogens with zero attached hydrogens (tertiary/aromatic N) is 4. The molecule has 0 unspecified atom stereocenters. The summed E-state index contributed by atoms with van der Waals surface area (Å²) in [6.07, 6.45) is 5.32. The number of anilines is 1. The molecule has 0 bridgehead atoms. The number of benzene rings is 2. The van der Waals surface area contributed by atoms with Crippen molar-refractivity contribution in [3.8, 4) is 11.1 Å². The Morgan fingerprint density at radius 2 is 1.85 bits per heavy atom. The van der Waals surface area contributed by atoms with E-state index in [0.717, 1.165) is 77.3 Å². The second-order valence-corrected chi connectivity index (χ2v) is 11.6. The van der Waals surface area contributed by atoms with Gasteiger partial charge in [-0.15, -0.1) is 0 Å². The van der Waals surface area contributed by atoms with E-state index in [1.807, 2.05) is 20.8 Å². The van der Waals surface area contributed by atoms with Crippen LogP contribution >= 0.6 is 0 Å². The van der Waals surface area contributed by atoms with Gasteiger partial charge in [0.2, 0.25) is 5.91 Å². The highest BCUT2D eigenvalue weighted by Gasteiger charge is 2.35. The first-order valence-corrected chi connectivity index (χ1v) is 14.0. The predicted octanol–water partition coefficient (Wildman–Crippen LogP) is 6.58. The average Bonchev–Trinajstić information content (AvgIpc) is 3.44. The molecule has 9 heteroatoms. The number of rotatable bonds is 5. The first-order chi connectivity index (χ1) is 19.1. The summed E-state index contributed by atoms with van der Waals surface area (Å²) in [5.41, 5.74) is 4.27. The molecule has 2 aromatic carbocycles. The number of aromatic nitrogens is 3. The Morgan fingerprint density at radius 1 is 1.07 bits per heavy atom. The molecule has 7 nitrogen and oxygen atoms in total. The van der Waals surface area contributed by atoms with Gasteiger partial charge in [0.15, 0.2) is 11.6 Å². The predicted molar refractivity (Wildman–Crippen MR) is 148 cm³/mol. The summed E-state index contributed by atoms with van der Waals surface area (Å²) in [6, 6.07) is 9.76. The van der Waals surface area contributed by atoms with Crippen LogP contribution in [0.3, 0.4) is 0 Å². The van der Waals surface area contributed by atoms with Crippen molar-refractivity contribution in [3.05, 3.63) is 65.3 Å². The van der Waals surface area contributed by atoms with Gasteiger partial charge in [-0.05, 0) is 89.1 Å². The molecule has 40 heavy (non-hydrogen) atoms. The Morgan fingerprint density at radius 3 is 2.55 bits per heavy atom. The monoisotopic (exact) mass is 548 g/mol. The van der Waals surface area contributed by atoms with E-state index in [9.17, 15) is 18.7 Å². The van der Waals surface area contributed by atoms with Crippen LogP contribution in [0.25, 0.3) is 22.2 Å². The number of aryl methyl sites for hydroxylation is 2. The largest absolute Gasteiger partial charge is 0.390 e. The zero-order valence-corrected chi connectivity index (χ0v) is 23.1. The molecule has 1 aliphatic carbocycles. The van der Waals surface area contributed by atoms with E-state index in [0.29, 0.717) is 31.4 Å². The quantitative estimate of drug-likeness (QED) is 0.305. The minimum Gasteiger partial charge on any atom is -0.390 e. The summed E-state index contributed by atoms with van der Waals surface area (Å²) < 4.78 is 35.6. The van der Waals surface area contributed by atoms with E-state index < -0.39 is 17.2 Å². The number of carbonyl (C=O) groups excluding carboxylic acids is 1. The molecule has 1 amide bonds. The van der Waals surface area contributed by atoms with Gasteiger partial charge in [-0.1, -0.05) is 11.2 Å². The summed E-state index contributed by atoms with van der Waals surface area (Å²) in [7, 11) is 0. The molecule has 0 spiro atoms. The van der Waals surface area contributed by atoms with E-state index >= 15 is 0 Å². The van der Waals surface area contributed by atoms with Crippen LogP contribution in [0.5, 0.6) is 0 Å². The average molecular weight is 549 g/mol. The molecule has 0 radical (unpaired) electrons. The standard InChI is InChI=1S/C31H34F2N4O3/c1-18-30(19(2)40-35-18)20-7-10-27-26(15-20)34-28(37(27)21-11-13-31(3,39)14-12-21)17-22-5-4-6-29(38)36(22)23-8-9-24(32)25(33)16-23/h7-10,15-16,21-22,39H,4-6,11-14,17H2,1-3H3/t21?,22-,31?/m0/s1. The van der Waals surface area contributed by atoms with Crippen molar-refractivity contribution >= 4 is 22.6 Å². The highest BCUT2D eigenvalue weighted by Crippen LogP contribution is 2.39. The van der Waals surface area contributed by atoms with Crippen molar-refractivity contribution in [1.29, 1.82) is 0 Å². The maximum atomic E-state index is 14.2. The Labute approximate surface area is 231 Å². The summed E-state index contributed by atoms with van der Waals surface area (Å²) in [6.45, 7) is 5.70. The van der Waals surface area contributed by atoms with E-state index in [1.54, 1.807) is 4.90 Å². The van der Waals surface area contributed by atoms with Gasteiger partial charge < -0.3 is 19.1 Å². The van der Waals surface area contributed by atoms with Gasteiger partial charge in [0, 0.05) is 42.2 Å². The Hall–Kier alpha value is -3.59. The van der Waals surface area contributed by atoms with Crippen LogP contribution < -0.4 is 4.90 Å². The van der Waals surface area contributed by atoms with Crippen LogP contribution in [0.4, 0.5) is 14.5 Å². The topological polar surface area (TPSA) is 84.4 Å². The molecule has 3 heterocycles. The van der Waals surface area contributed by atoms with Crippen LogP contribution in [-0.2, 0) is 11.2 Å². The fourth-order valence-electron chi connectivity index (χ4n) is 6.57. The second kappa shape index (κ2) is 10.1. The van der Waals surface area contributed by atoms with Crippen molar-refractivity contribution in [2.75, 3.05) is 4.90 Å². The molecule has 1 N–H and O–H groups in total. The van der Waals surface area contributed by atoms with Gasteiger partial charge in [0.1, 0.15) is 11.6 Å². The SMILES string of the molecule is Cc1noc(C)c1-c1ccc2c(c1)nc(C[C@@H]1CCCC(=O)N1c1ccc(F)c(F)c1)n2C1CCC(C)(O)CC1. The van der Waals surface area contributed by atoms with Gasteiger partial charge in [-0.3, -0.25) is 4.79 Å². The lowest BCUT2D eigenvalue weighted by Gasteiger charge is -2.37. The van der Waals surface area contributed by atoms with Crippen LogP contribution in [0, 0.1) is 25.5 Å². The minimum absolute atomic E-state index is 0.0978. The Bertz CT molecular complexity index is 1560. The van der Waals surface area contributed by atoms with E-state index in [1.165, 1.54) is 6.07 Å². The summed E-state index contributed by atoms with van der Waals surface area (Å²) in [4.78, 5) is 19.8. The van der Waals surface area contributed by atoms with Crippen molar-refractivity contribution < 1.29 is 23.2 Å². The van der Waals surface area contributed by atoms with Crippen molar-refractivity contribution in [2.24, 2.45) is 0 Å². The molecular formula is C31H34F2N4O3. The maximum absolute atomic E-state index is 14.2. The summed E-state index contributed by atoms with van der Waals surface area (Å²) in [5, 5.41) is 14.7. The molecule has 6 rings (SSSR count). The molecule has 1 aliphatic heterocycles. The molecule has 2 fully saturated rings. The fraction of sp³-hybridized carbons (Fsp3) is 0.452. The lowest BCUT2D eigenvalue weighted by atomic mass is 9.83. The number of imidazole rings is 1. The third kappa shape index (κ3) is 4.80. The van der Waals surface area contributed by atoms with Gasteiger partial charge in [0.05, 0.1) is 22.3 Å². The number of piperidine rings is 1. The zero-order valence-electron chi connectivity index (χ0n) is 23.1. The molecule has 1 atom stereocenters. The Balaban J connectivity index is 1.42. The van der Waals surface area contributed by atoms with E-state index in [4.69, 9.17) is 9.51 Å². The lowest BCUT2D eigenvalue weighted by Crippen LogP contribution is -2.45. The van der Waals surface area contributed by atoms with E-state index in [-0.39, 0.29) is 18.0 Å². The third-order valence-corrected chi connectivity index (χ3v) is 8.64. The van der Waals surface area contributed by atoms with Crippen LogP contribution in [0.1, 0.15) is 75.2 Å². The second-order valence-electron chi connectivity index (χ2n) is 11.6. The van der Waals surface area contributed by atoms with Gasteiger partial charge in [0.25, 0.3) is 0 Å². The lowest BCUT2D eigenvalue weighted by molar-refractivity contribution is -0.120. The minimum atomic E-state index is -0.969. The first-order valence-electron chi connectivity index (χ1n) is 14.0. The third-order valence-electron chi connectivity index (χ3n) is 8.64. The van der Waals surface area contributed by atoms with Crippen LogP contribution in [0.2, 0.25) is 0 Å². The zero-order chi connectivity index (χ0) is 28.2. The number of fused-ring (bicyclic) bond motifs is 1. The molecule has 1 saturated carbocycles. The fourth-order valence-corrected chi connectivity index (χ4v) is 6.57.